The molecule has 0 amide bonds. The zero-order valence-electron chi connectivity index (χ0n) is 8.62. The van der Waals surface area contributed by atoms with Gasteiger partial charge >= 0.3 is 5.69 Å². The van der Waals surface area contributed by atoms with Gasteiger partial charge in [-0.05, 0) is 0 Å². The standard InChI is InChI=1S/C9H11ClN2O5/c10-6-7(15)4(3-13)17-8(6)12-2-1-5(14)11-9(12)16/h1-2,4,6-8,13,15H,3H2,(H,11,14,16)/t4-,6-,7+,8-/m0/s1. The maximum atomic E-state index is 11.5. The van der Waals surface area contributed by atoms with Gasteiger partial charge in [0.05, 0.1) is 6.61 Å². The van der Waals surface area contributed by atoms with Crippen molar-refractivity contribution >= 4 is 11.6 Å². The van der Waals surface area contributed by atoms with Crippen LogP contribution in [0.15, 0.2) is 21.9 Å². The third-order valence-electron chi connectivity index (χ3n) is 2.60. The van der Waals surface area contributed by atoms with Gasteiger partial charge in [0, 0.05) is 12.3 Å². The van der Waals surface area contributed by atoms with Crippen LogP contribution >= 0.6 is 11.6 Å². The number of alkyl halides is 1. The molecule has 7 nitrogen and oxygen atoms in total. The number of aliphatic hydroxyl groups excluding tert-OH is 2. The average Bonchev–Trinajstić information content (AvgIpc) is 2.57. The van der Waals surface area contributed by atoms with Gasteiger partial charge in [-0.25, -0.2) is 4.79 Å². The molecule has 0 spiro atoms. The summed E-state index contributed by atoms with van der Waals surface area (Å²) >= 11 is 5.91. The molecule has 0 radical (unpaired) electrons. The number of nitrogens with one attached hydrogen (secondary N) is 1. The van der Waals surface area contributed by atoms with E-state index in [-0.39, 0.29) is 0 Å². The molecule has 0 unspecified atom stereocenters. The smallest absolute Gasteiger partial charge is 0.330 e. The molecule has 1 aliphatic rings. The van der Waals surface area contributed by atoms with Crippen molar-refractivity contribution in [1.29, 1.82) is 0 Å². The molecule has 0 aliphatic carbocycles. The second-order valence-electron chi connectivity index (χ2n) is 3.70. The van der Waals surface area contributed by atoms with E-state index >= 15 is 0 Å². The van der Waals surface area contributed by atoms with Crippen molar-refractivity contribution in [1.82, 2.24) is 9.55 Å². The summed E-state index contributed by atoms with van der Waals surface area (Å²) in [5, 5.41) is 17.7. The quantitative estimate of drug-likeness (QED) is 0.557. The molecule has 1 saturated heterocycles. The molecule has 3 N–H and O–H groups in total. The lowest BCUT2D eigenvalue weighted by molar-refractivity contribution is -0.0457. The molecule has 8 heteroatoms. The molecule has 0 saturated carbocycles. The van der Waals surface area contributed by atoms with Crippen LogP contribution in [0.4, 0.5) is 0 Å². The molecule has 17 heavy (non-hydrogen) atoms. The molecule has 1 aliphatic heterocycles. The van der Waals surface area contributed by atoms with Gasteiger partial charge in [0.1, 0.15) is 17.6 Å². The normalized spacial score (nSPS) is 32.9. The summed E-state index contributed by atoms with van der Waals surface area (Å²) in [6.07, 6.45) is -1.62. The first kappa shape index (κ1) is 12.3. The van der Waals surface area contributed by atoms with E-state index in [9.17, 15) is 14.7 Å². The number of hydrogen-bond donors (Lipinski definition) is 3. The van der Waals surface area contributed by atoms with E-state index in [0.717, 1.165) is 10.6 Å². The van der Waals surface area contributed by atoms with Crippen molar-refractivity contribution in [2.24, 2.45) is 0 Å². The summed E-state index contributed by atoms with van der Waals surface area (Å²) in [6.45, 7) is -0.404. The fourth-order valence-corrected chi connectivity index (χ4v) is 2.05. The number of aromatic nitrogens is 2. The summed E-state index contributed by atoms with van der Waals surface area (Å²) < 4.78 is 6.32. The summed E-state index contributed by atoms with van der Waals surface area (Å²) in [5.41, 5.74) is -1.21. The van der Waals surface area contributed by atoms with Crippen LogP contribution in [0.25, 0.3) is 0 Å². The number of aliphatic hydroxyl groups is 2. The highest BCUT2D eigenvalue weighted by Crippen LogP contribution is 2.31. The van der Waals surface area contributed by atoms with Crippen molar-refractivity contribution in [2.75, 3.05) is 6.61 Å². The highest BCUT2D eigenvalue weighted by atomic mass is 35.5. The van der Waals surface area contributed by atoms with Gasteiger partial charge in [0.25, 0.3) is 5.56 Å². The third-order valence-corrected chi connectivity index (χ3v) is 3.07. The predicted octanol–water partition coefficient (Wildman–Crippen LogP) is -1.61. The first-order valence-electron chi connectivity index (χ1n) is 4.94. The van der Waals surface area contributed by atoms with E-state index in [1.807, 2.05) is 0 Å². The van der Waals surface area contributed by atoms with E-state index in [2.05, 4.69) is 4.98 Å². The van der Waals surface area contributed by atoms with E-state index in [1.54, 1.807) is 0 Å². The number of halogens is 1. The Kier molecular flexibility index (Phi) is 3.34. The SMILES string of the molecule is O=c1ccn([C@H]2O[C@@H](CO)[C@@H](O)[C@@H]2Cl)c(=O)[nH]1. The van der Waals surface area contributed by atoms with Crippen LogP contribution in [-0.2, 0) is 4.74 Å². The summed E-state index contributed by atoms with van der Waals surface area (Å²) in [7, 11) is 0. The van der Waals surface area contributed by atoms with Crippen LogP contribution < -0.4 is 11.2 Å². The molecule has 1 aromatic rings. The topological polar surface area (TPSA) is 105 Å². The van der Waals surface area contributed by atoms with Crippen LogP contribution in [0, 0.1) is 0 Å². The van der Waals surface area contributed by atoms with Crippen LogP contribution in [-0.4, -0.2) is 44.0 Å². The summed E-state index contributed by atoms with van der Waals surface area (Å²) in [6, 6.07) is 1.15. The van der Waals surface area contributed by atoms with Gasteiger partial charge in [0.15, 0.2) is 6.23 Å². The van der Waals surface area contributed by atoms with Crippen LogP contribution in [0.2, 0.25) is 0 Å². The second-order valence-corrected chi connectivity index (χ2v) is 4.20. The molecule has 0 aromatic carbocycles. The Hall–Kier alpha value is -1.15. The molecule has 1 aromatic heterocycles. The van der Waals surface area contributed by atoms with Gasteiger partial charge < -0.3 is 14.9 Å². The minimum absolute atomic E-state index is 0.404. The van der Waals surface area contributed by atoms with Gasteiger partial charge in [-0.15, -0.1) is 11.6 Å². The zero-order valence-corrected chi connectivity index (χ0v) is 9.37. The van der Waals surface area contributed by atoms with Gasteiger partial charge in [-0.1, -0.05) is 0 Å². The molecular weight excluding hydrogens is 252 g/mol. The fourth-order valence-electron chi connectivity index (χ4n) is 1.71. The number of hydrogen-bond acceptors (Lipinski definition) is 5. The fraction of sp³-hybridized carbons (Fsp3) is 0.556. The Balaban J connectivity index is 2.35. The Labute approximate surface area is 100 Å². The monoisotopic (exact) mass is 262 g/mol. The molecule has 2 rings (SSSR count). The largest absolute Gasteiger partial charge is 0.394 e. The van der Waals surface area contributed by atoms with Crippen molar-refractivity contribution in [3.8, 4) is 0 Å². The highest BCUT2D eigenvalue weighted by Gasteiger charge is 2.43. The lowest BCUT2D eigenvalue weighted by atomic mass is 10.2. The zero-order chi connectivity index (χ0) is 12.6. The summed E-state index contributed by atoms with van der Waals surface area (Å²) in [4.78, 5) is 24.4. The maximum Gasteiger partial charge on any atom is 0.330 e. The molecule has 2 heterocycles. The maximum absolute atomic E-state index is 11.5. The Morgan fingerprint density at radius 2 is 2.24 bits per heavy atom. The van der Waals surface area contributed by atoms with Crippen LogP contribution in [0.1, 0.15) is 6.23 Å². The van der Waals surface area contributed by atoms with Gasteiger partial charge in [-0.2, -0.15) is 0 Å². The lowest BCUT2D eigenvalue weighted by Gasteiger charge is -2.15. The van der Waals surface area contributed by atoms with Crippen molar-refractivity contribution in [2.45, 2.75) is 23.8 Å². The minimum atomic E-state index is -1.08. The highest BCUT2D eigenvalue weighted by molar-refractivity contribution is 6.21. The molecule has 94 valence electrons. The summed E-state index contributed by atoms with van der Waals surface area (Å²) in [5.74, 6) is 0. The van der Waals surface area contributed by atoms with E-state index in [1.165, 1.54) is 6.20 Å². The Morgan fingerprint density at radius 1 is 1.53 bits per heavy atom. The molecular formula is C9H11ClN2O5. The number of nitrogens with zero attached hydrogens (tertiary/aromatic N) is 1. The second kappa shape index (κ2) is 4.61. The van der Waals surface area contributed by atoms with E-state index in [0.29, 0.717) is 0 Å². The molecule has 4 atom stereocenters. The minimum Gasteiger partial charge on any atom is -0.394 e. The van der Waals surface area contributed by atoms with E-state index < -0.39 is 41.7 Å². The van der Waals surface area contributed by atoms with Crippen molar-refractivity contribution in [3.63, 3.8) is 0 Å². The molecule has 1 fully saturated rings. The van der Waals surface area contributed by atoms with Crippen molar-refractivity contribution in [3.05, 3.63) is 33.1 Å². The first-order chi connectivity index (χ1) is 8.04. The predicted molar refractivity (Wildman–Crippen MR) is 58.0 cm³/mol. The first-order valence-corrected chi connectivity index (χ1v) is 5.38. The number of rotatable bonds is 2. The van der Waals surface area contributed by atoms with Gasteiger partial charge in [-0.3, -0.25) is 14.3 Å². The number of H-pyrrole nitrogens is 1. The lowest BCUT2D eigenvalue weighted by Crippen LogP contribution is -2.35. The Bertz CT molecular complexity index is 513. The third kappa shape index (κ3) is 2.14. The molecule has 0 bridgehead atoms. The average molecular weight is 263 g/mol. The number of ether oxygens (including phenoxy) is 1. The van der Waals surface area contributed by atoms with E-state index in [4.69, 9.17) is 21.4 Å². The van der Waals surface area contributed by atoms with Crippen LogP contribution in [0.3, 0.4) is 0 Å². The van der Waals surface area contributed by atoms with Crippen molar-refractivity contribution < 1.29 is 14.9 Å². The van der Waals surface area contributed by atoms with Gasteiger partial charge in [0.2, 0.25) is 0 Å². The number of aromatic amines is 1. The van der Waals surface area contributed by atoms with Crippen LogP contribution in [0.5, 0.6) is 0 Å². The Morgan fingerprint density at radius 3 is 2.76 bits per heavy atom.